The lowest BCUT2D eigenvalue weighted by Crippen LogP contribution is -2.31. The van der Waals surface area contributed by atoms with Crippen LogP contribution < -0.4 is 26.5 Å². The van der Waals surface area contributed by atoms with Crippen molar-refractivity contribution in [1.29, 1.82) is 0 Å². The minimum Gasteiger partial charge on any atom is -0.166 e. The van der Waals surface area contributed by atoms with Crippen LogP contribution in [0.4, 0.5) is 52.7 Å². The molecule has 5 radical (unpaired) electrons. The fourth-order valence-corrected chi connectivity index (χ4v) is 11.7. The van der Waals surface area contributed by atoms with Crippen LogP contribution in [0.2, 0.25) is 0 Å². The monoisotopic (exact) mass is 809 g/mol. The summed E-state index contributed by atoms with van der Waals surface area (Å²) in [5.74, 6) is 0.785. The van der Waals surface area contributed by atoms with Gasteiger partial charge in [0.2, 0.25) is 0 Å². The van der Waals surface area contributed by atoms with Gasteiger partial charge in [0, 0.05) is 5.92 Å². The van der Waals surface area contributed by atoms with Crippen molar-refractivity contribution in [2.75, 3.05) is 0 Å². The van der Waals surface area contributed by atoms with Gasteiger partial charge in [-0.1, -0.05) is 91.9 Å². The van der Waals surface area contributed by atoms with E-state index in [-0.39, 0.29) is 12.1 Å². The van der Waals surface area contributed by atoms with Crippen LogP contribution in [-0.2, 0) is 24.7 Å². The first-order valence-corrected chi connectivity index (χ1v) is 19.1. The van der Waals surface area contributed by atoms with Crippen LogP contribution in [0.3, 0.4) is 0 Å². The molecule has 6 rings (SSSR count). The molecule has 0 bridgehead atoms. The molecule has 0 spiro atoms. The van der Waals surface area contributed by atoms with E-state index >= 15 is 0 Å². The highest BCUT2D eigenvalue weighted by Crippen LogP contribution is 2.54. The SMILES string of the molecule is CC([C]1[CH][CH][CH][C]1c1ccccc1P(c1ccccc1)c1ccccc1)P(c1cc(C(F)(F)F)cc(C(F)(F)F)c1)c1cc(C(F)(F)F)cc(C(F)(F)F)c1. The van der Waals surface area contributed by atoms with Crippen molar-refractivity contribution in [2.24, 2.45) is 0 Å². The summed E-state index contributed by atoms with van der Waals surface area (Å²) >= 11 is 0. The van der Waals surface area contributed by atoms with Crippen molar-refractivity contribution in [1.82, 2.24) is 0 Å². The Morgan fingerprint density at radius 2 is 0.818 bits per heavy atom. The maximum absolute atomic E-state index is 14.1. The van der Waals surface area contributed by atoms with Gasteiger partial charge >= 0.3 is 24.7 Å². The highest BCUT2D eigenvalue weighted by atomic mass is 31.1. The Bertz CT molecular complexity index is 1910. The maximum Gasteiger partial charge on any atom is 0.416 e. The third-order valence-corrected chi connectivity index (χ3v) is 14.0. The lowest BCUT2D eigenvalue weighted by atomic mass is 9.87. The second-order valence-electron chi connectivity index (χ2n) is 12.5. The van der Waals surface area contributed by atoms with Crippen molar-refractivity contribution in [3.05, 3.63) is 180 Å². The number of hydrogen-bond donors (Lipinski definition) is 0. The zero-order valence-electron chi connectivity index (χ0n) is 28.3. The summed E-state index contributed by atoms with van der Waals surface area (Å²) in [5.41, 5.74) is -7.56. The second kappa shape index (κ2) is 15.6. The van der Waals surface area contributed by atoms with Crippen molar-refractivity contribution in [2.45, 2.75) is 37.3 Å². The third-order valence-electron chi connectivity index (χ3n) is 8.85. The van der Waals surface area contributed by atoms with E-state index in [9.17, 15) is 52.7 Å². The van der Waals surface area contributed by atoms with Crippen LogP contribution >= 0.6 is 15.8 Å². The van der Waals surface area contributed by atoms with Gasteiger partial charge in [0.25, 0.3) is 0 Å². The third kappa shape index (κ3) is 9.07. The minimum atomic E-state index is -5.33. The molecule has 1 fully saturated rings. The normalized spacial score (nSPS) is 15.6. The Balaban J connectivity index is 1.56. The first kappa shape index (κ1) is 40.8. The average Bonchev–Trinajstić information content (AvgIpc) is 3.61. The molecule has 0 nitrogen and oxygen atoms in total. The zero-order valence-corrected chi connectivity index (χ0v) is 30.1. The summed E-state index contributed by atoms with van der Waals surface area (Å²) in [5, 5.41) is 1.32. The van der Waals surface area contributed by atoms with Crippen LogP contribution in [-0.4, -0.2) is 5.66 Å². The van der Waals surface area contributed by atoms with Crippen molar-refractivity contribution in [3.63, 3.8) is 0 Å². The Morgan fingerprint density at radius 3 is 1.22 bits per heavy atom. The molecular formula is C41H27F12P2. The number of alkyl halides is 12. The largest absolute Gasteiger partial charge is 0.416 e. The van der Waals surface area contributed by atoms with E-state index in [0.717, 1.165) is 15.9 Å². The maximum atomic E-state index is 14.1. The van der Waals surface area contributed by atoms with Gasteiger partial charge in [-0.3, -0.25) is 0 Å². The fraction of sp³-hybridized carbons (Fsp3) is 0.146. The Kier molecular flexibility index (Phi) is 11.5. The van der Waals surface area contributed by atoms with Gasteiger partial charge < -0.3 is 0 Å². The van der Waals surface area contributed by atoms with Crippen molar-refractivity contribution >= 4 is 42.4 Å². The summed E-state index contributed by atoms with van der Waals surface area (Å²) in [6.07, 6.45) is -16.5. The molecule has 0 heterocycles. The lowest BCUT2D eigenvalue weighted by molar-refractivity contribution is -0.144. The number of rotatable bonds is 8. The molecule has 1 aliphatic rings. The zero-order chi connectivity index (χ0) is 39.9. The van der Waals surface area contributed by atoms with E-state index in [4.69, 9.17) is 0 Å². The first-order chi connectivity index (χ1) is 25.7. The summed E-state index contributed by atoms with van der Waals surface area (Å²) in [7, 11) is -4.10. The van der Waals surface area contributed by atoms with Crippen LogP contribution in [0, 0.1) is 31.1 Å². The molecule has 0 amide bonds. The highest BCUT2D eigenvalue weighted by Gasteiger charge is 2.44. The fourth-order valence-electron chi connectivity index (χ4n) is 6.41. The van der Waals surface area contributed by atoms with Gasteiger partial charge in [0.1, 0.15) is 0 Å². The predicted octanol–water partition coefficient (Wildman–Crippen LogP) is 11.2. The van der Waals surface area contributed by atoms with Crippen LogP contribution in [0.15, 0.2) is 121 Å². The van der Waals surface area contributed by atoms with E-state index < -0.39 is 79.1 Å². The molecular weight excluding hydrogens is 782 g/mol. The van der Waals surface area contributed by atoms with Crippen LogP contribution in [0.5, 0.6) is 0 Å². The predicted molar refractivity (Wildman–Crippen MR) is 192 cm³/mol. The first-order valence-electron chi connectivity index (χ1n) is 16.4. The highest BCUT2D eigenvalue weighted by molar-refractivity contribution is 7.80. The topological polar surface area (TPSA) is 0 Å². The second-order valence-corrected chi connectivity index (χ2v) is 17.2. The average molecular weight is 810 g/mol. The summed E-state index contributed by atoms with van der Waals surface area (Å²) in [6.45, 7) is 1.39. The Morgan fingerprint density at radius 1 is 0.436 bits per heavy atom. The molecule has 5 aromatic carbocycles. The van der Waals surface area contributed by atoms with Gasteiger partial charge in [0.15, 0.2) is 0 Å². The quantitative estimate of drug-likeness (QED) is 0.108. The lowest BCUT2D eigenvalue weighted by Gasteiger charge is -2.35. The van der Waals surface area contributed by atoms with E-state index in [1.165, 1.54) is 13.3 Å². The molecule has 0 N–H and O–H groups in total. The number of hydrogen-bond acceptors (Lipinski definition) is 0. The van der Waals surface area contributed by atoms with Crippen LogP contribution in [0.1, 0.15) is 34.7 Å². The molecule has 14 heteroatoms. The minimum absolute atomic E-state index is 0.130. The van der Waals surface area contributed by atoms with Gasteiger partial charge in [-0.05, 0) is 115 Å². The van der Waals surface area contributed by atoms with Crippen molar-refractivity contribution < 1.29 is 52.7 Å². The molecule has 1 unspecified atom stereocenters. The Labute approximate surface area is 312 Å². The smallest absolute Gasteiger partial charge is 0.166 e. The number of halogens is 12. The summed E-state index contributed by atoms with van der Waals surface area (Å²) in [6, 6.07) is 27.4. The van der Waals surface area contributed by atoms with Gasteiger partial charge in [-0.15, -0.1) is 0 Å². The van der Waals surface area contributed by atoms with E-state index in [1.54, 1.807) is 25.0 Å². The molecule has 0 aliphatic heterocycles. The molecule has 1 saturated carbocycles. The summed E-state index contributed by atoms with van der Waals surface area (Å²) in [4.78, 5) is 0. The van der Waals surface area contributed by atoms with E-state index in [2.05, 4.69) is 0 Å². The van der Waals surface area contributed by atoms with E-state index in [0.29, 0.717) is 41.7 Å². The van der Waals surface area contributed by atoms with Crippen molar-refractivity contribution in [3.8, 4) is 0 Å². The van der Waals surface area contributed by atoms with Crippen LogP contribution in [0.25, 0.3) is 0 Å². The standard InChI is InChI=1S/C41H27F12P2/c1-25(34-16-10-17-35(34)36-15-8-9-18-37(36)55(30-11-4-2-5-12-30)31-13-6-3-7-14-31)54(32-21-26(38(42,43)44)19-27(22-32)39(45,46)47)33-23-28(40(48,49)50)20-29(24-33)41(51,52)53/h2-25H,1H3. The molecule has 1 aliphatic carbocycles. The van der Waals surface area contributed by atoms with Gasteiger partial charge in [-0.2, -0.15) is 52.7 Å². The molecule has 5 aromatic rings. The molecule has 55 heavy (non-hydrogen) atoms. The van der Waals surface area contributed by atoms with E-state index in [1.807, 2.05) is 72.8 Å². The molecule has 0 aromatic heterocycles. The molecule has 1 atom stereocenters. The van der Waals surface area contributed by atoms with Gasteiger partial charge in [0.05, 0.1) is 22.3 Å². The Hall–Kier alpha value is -3.88. The molecule has 0 saturated heterocycles. The number of benzene rings is 5. The summed E-state index contributed by atoms with van der Waals surface area (Å²) < 4.78 is 170. The van der Waals surface area contributed by atoms with Gasteiger partial charge in [-0.25, -0.2) is 0 Å². The molecule has 285 valence electrons.